The van der Waals surface area contributed by atoms with Gasteiger partial charge in [-0.1, -0.05) is 74.1 Å². The fourth-order valence-corrected chi connectivity index (χ4v) is 7.33. The number of carbonyl (C=O) groups is 2. The van der Waals surface area contributed by atoms with E-state index in [9.17, 15) is 9.59 Å². The van der Waals surface area contributed by atoms with Gasteiger partial charge in [0.25, 0.3) is 0 Å². The highest BCUT2D eigenvalue weighted by Gasteiger charge is 2.71. The Morgan fingerprint density at radius 1 is 1.06 bits per heavy atom. The average molecular weight is 449 g/mol. The maximum atomic E-state index is 14.1. The molecule has 1 aromatic rings. The summed E-state index contributed by atoms with van der Waals surface area (Å²) in [7, 11) is 0. The van der Waals surface area contributed by atoms with Gasteiger partial charge >= 0.3 is 0 Å². The van der Waals surface area contributed by atoms with Crippen LogP contribution in [0.25, 0.3) is 0 Å². The fraction of sp³-hybridized carbons (Fsp3) is 0.643. The molecular formula is C28H36N2O3. The van der Waals surface area contributed by atoms with Crippen molar-refractivity contribution in [1.82, 2.24) is 10.2 Å². The zero-order valence-corrected chi connectivity index (χ0v) is 19.7. The summed E-state index contributed by atoms with van der Waals surface area (Å²) in [6.07, 6.45) is 14.5. The molecule has 1 aromatic carbocycles. The van der Waals surface area contributed by atoms with Crippen LogP contribution in [0.4, 0.5) is 0 Å². The SMILES string of the molecule is Cc1ccc([C@@H]2[C@@H]3C=C[C@]4(O3)[C@@H]2C(=O)N(CC2CCCCC2)[C@@H]4C(=O)NC2CCCC2)cc1. The highest BCUT2D eigenvalue weighted by Crippen LogP contribution is 2.58. The second-order valence-corrected chi connectivity index (χ2v) is 11.1. The minimum atomic E-state index is -0.839. The van der Waals surface area contributed by atoms with Crippen molar-refractivity contribution < 1.29 is 14.3 Å². The Morgan fingerprint density at radius 2 is 1.76 bits per heavy atom. The number of rotatable bonds is 5. The lowest BCUT2D eigenvalue weighted by atomic mass is 9.72. The molecule has 176 valence electrons. The highest BCUT2D eigenvalue weighted by molar-refractivity contribution is 5.97. The van der Waals surface area contributed by atoms with Crippen molar-refractivity contribution in [1.29, 1.82) is 0 Å². The molecule has 33 heavy (non-hydrogen) atoms. The first-order valence-electron chi connectivity index (χ1n) is 13.1. The molecule has 1 N–H and O–H groups in total. The van der Waals surface area contributed by atoms with Crippen LogP contribution in [0.3, 0.4) is 0 Å². The topological polar surface area (TPSA) is 58.6 Å². The van der Waals surface area contributed by atoms with Gasteiger partial charge in [-0.15, -0.1) is 0 Å². The number of nitrogens with one attached hydrogen (secondary N) is 1. The second kappa shape index (κ2) is 8.26. The summed E-state index contributed by atoms with van der Waals surface area (Å²) in [5.74, 6) is 0.242. The number of hydrogen-bond donors (Lipinski definition) is 1. The third-order valence-electron chi connectivity index (χ3n) is 8.97. The molecule has 5 atom stereocenters. The van der Waals surface area contributed by atoms with E-state index in [1.54, 1.807) is 0 Å². The molecule has 5 aliphatic rings. The molecule has 4 fully saturated rings. The summed E-state index contributed by atoms with van der Waals surface area (Å²) in [5.41, 5.74) is 1.51. The molecule has 2 amide bonds. The van der Waals surface area contributed by atoms with E-state index in [0.29, 0.717) is 12.5 Å². The first-order chi connectivity index (χ1) is 16.1. The molecule has 3 heterocycles. The smallest absolute Gasteiger partial charge is 0.246 e. The van der Waals surface area contributed by atoms with Crippen molar-refractivity contribution in [3.8, 4) is 0 Å². The van der Waals surface area contributed by atoms with Crippen molar-refractivity contribution in [3.63, 3.8) is 0 Å². The van der Waals surface area contributed by atoms with Gasteiger partial charge in [-0.2, -0.15) is 0 Å². The largest absolute Gasteiger partial charge is 0.359 e. The van der Waals surface area contributed by atoms with Gasteiger partial charge in [-0.05, 0) is 44.1 Å². The monoisotopic (exact) mass is 448 g/mol. The van der Waals surface area contributed by atoms with Gasteiger partial charge in [-0.25, -0.2) is 0 Å². The molecule has 2 bridgehead atoms. The molecule has 5 heteroatoms. The van der Waals surface area contributed by atoms with Gasteiger partial charge < -0.3 is 15.0 Å². The molecule has 0 aromatic heterocycles. The van der Waals surface area contributed by atoms with E-state index in [0.717, 1.165) is 31.2 Å². The number of hydrogen-bond acceptors (Lipinski definition) is 3. The van der Waals surface area contributed by atoms with Crippen LogP contribution in [0.15, 0.2) is 36.4 Å². The molecule has 1 spiro atoms. The van der Waals surface area contributed by atoms with Gasteiger partial charge in [-0.3, -0.25) is 9.59 Å². The Kier molecular flexibility index (Phi) is 5.36. The predicted octanol–water partition coefficient (Wildman–Crippen LogP) is 4.25. The van der Waals surface area contributed by atoms with Gasteiger partial charge in [0.2, 0.25) is 11.8 Å². The lowest BCUT2D eigenvalue weighted by Crippen LogP contribution is -2.56. The van der Waals surface area contributed by atoms with Crippen LogP contribution >= 0.6 is 0 Å². The van der Waals surface area contributed by atoms with E-state index in [1.165, 1.54) is 37.7 Å². The predicted molar refractivity (Wildman–Crippen MR) is 127 cm³/mol. The van der Waals surface area contributed by atoms with Crippen LogP contribution in [0.2, 0.25) is 0 Å². The molecule has 2 aliphatic carbocycles. The third kappa shape index (κ3) is 3.46. The van der Waals surface area contributed by atoms with E-state index in [1.807, 2.05) is 4.90 Å². The summed E-state index contributed by atoms with van der Waals surface area (Å²) in [5, 5.41) is 3.31. The molecular weight excluding hydrogens is 412 g/mol. The van der Waals surface area contributed by atoms with Crippen molar-refractivity contribution in [2.24, 2.45) is 11.8 Å². The van der Waals surface area contributed by atoms with Crippen LogP contribution in [0.5, 0.6) is 0 Å². The zero-order chi connectivity index (χ0) is 22.6. The Labute approximate surface area is 196 Å². The summed E-state index contributed by atoms with van der Waals surface area (Å²) in [6.45, 7) is 2.76. The summed E-state index contributed by atoms with van der Waals surface area (Å²) in [4.78, 5) is 29.8. The van der Waals surface area contributed by atoms with Crippen LogP contribution in [0.1, 0.15) is 74.8 Å². The van der Waals surface area contributed by atoms with Crippen molar-refractivity contribution in [2.75, 3.05) is 6.54 Å². The first kappa shape index (κ1) is 21.4. The van der Waals surface area contributed by atoms with E-state index >= 15 is 0 Å². The van der Waals surface area contributed by atoms with Crippen LogP contribution in [0, 0.1) is 18.8 Å². The number of aryl methyl sites for hydroxylation is 1. The lowest BCUT2D eigenvalue weighted by Gasteiger charge is -2.35. The van der Waals surface area contributed by atoms with Crippen LogP contribution in [-0.4, -0.2) is 47.0 Å². The van der Waals surface area contributed by atoms with E-state index in [2.05, 4.69) is 48.7 Å². The minimum absolute atomic E-state index is 0.0107. The van der Waals surface area contributed by atoms with Crippen LogP contribution < -0.4 is 5.32 Å². The highest BCUT2D eigenvalue weighted by atomic mass is 16.5. The summed E-state index contributed by atoms with van der Waals surface area (Å²) < 4.78 is 6.63. The Balaban J connectivity index is 1.35. The van der Waals surface area contributed by atoms with Gasteiger partial charge in [0.05, 0.1) is 12.0 Å². The second-order valence-electron chi connectivity index (χ2n) is 11.1. The first-order valence-corrected chi connectivity index (χ1v) is 13.1. The number of benzene rings is 1. The fourth-order valence-electron chi connectivity index (χ4n) is 7.33. The zero-order valence-electron chi connectivity index (χ0n) is 19.7. The van der Waals surface area contributed by atoms with E-state index < -0.39 is 11.6 Å². The molecule has 0 unspecified atom stereocenters. The molecule has 2 saturated heterocycles. The number of nitrogens with zero attached hydrogens (tertiary/aromatic N) is 1. The molecule has 3 aliphatic heterocycles. The number of fused-ring (bicyclic) bond motifs is 1. The van der Waals surface area contributed by atoms with Gasteiger partial charge in [0.1, 0.15) is 11.6 Å². The minimum Gasteiger partial charge on any atom is -0.359 e. The molecule has 5 nitrogen and oxygen atoms in total. The number of likely N-dealkylation sites (tertiary alicyclic amines) is 1. The molecule has 2 saturated carbocycles. The normalized spacial score (nSPS) is 36.0. The van der Waals surface area contributed by atoms with E-state index in [-0.39, 0.29) is 35.8 Å². The van der Waals surface area contributed by atoms with Gasteiger partial charge in [0.15, 0.2) is 0 Å². The Hall–Kier alpha value is -2.14. The van der Waals surface area contributed by atoms with Crippen molar-refractivity contribution >= 4 is 11.8 Å². The molecule has 0 radical (unpaired) electrons. The number of amides is 2. The summed E-state index contributed by atoms with van der Waals surface area (Å²) in [6, 6.07) is 8.17. The Bertz CT molecular complexity index is 944. The average Bonchev–Trinajstić information content (AvgIpc) is 3.58. The lowest BCUT2D eigenvalue weighted by molar-refractivity contribution is -0.140. The van der Waals surface area contributed by atoms with Crippen LogP contribution in [-0.2, 0) is 14.3 Å². The van der Waals surface area contributed by atoms with E-state index in [4.69, 9.17) is 4.74 Å². The maximum Gasteiger partial charge on any atom is 0.246 e. The molecule has 6 rings (SSSR count). The Morgan fingerprint density at radius 3 is 2.48 bits per heavy atom. The van der Waals surface area contributed by atoms with Crippen molar-refractivity contribution in [3.05, 3.63) is 47.5 Å². The number of ether oxygens (including phenoxy) is 1. The third-order valence-corrected chi connectivity index (χ3v) is 8.97. The summed E-state index contributed by atoms with van der Waals surface area (Å²) >= 11 is 0. The number of carbonyl (C=O) groups excluding carboxylic acids is 2. The maximum absolute atomic E-state index is 14.1. The standard InChI is InChI=1S/C28H36N2O3/c1-18-11-13-20(14-12-18)23-22-15-16-28(33-22)24(23)27(32)30(17-19-7-3-2-4-8-19)25(28)26(31)29-21-9-5-6-10-21/h11-16,19,21-25H,2-10,17H2,1H3,(H,29,31)/t22-,23+,24-,25+,28-/m0/s1. The van der Waals surface area contributed by atoms with Crippen molar-refractivity contribution in [2.45, 2.75) is 94.4 Å². The van der Waals surface area contributed by atoms with Gasteiger partial charge in [0, 0.05) is 18.5 Å². The quantitative estimate of drug-likeness (QED) is 0.685.